The Morgan fingerprint density at radius 3 is 2.65 bits per heavy atom. The zero-order valence-electron chi connectivity index (χ0n) is 11.6. The van der Waals surface area contributed by atoms with Gasteiger partial charge in [-0.2, -0.15) is 0 Å². The summed E-state index contributed by atoms with van der Waals surface area (Å²) in [5.41, 5.74) is -2.05. The molecule has 0 radical (unpaired) electrons. The highest BCUT2D eigenvalue weighted by Crippen LogP contribution is 2.41. The van der Waals surface area contributed by atoms with Crippen LogP contribution in [0.1, 0.15) is 39.3 Å². The number of nitrogens with zero attached hydrogens (tertiary/aromatic N) is 1. The Labute approximate surface area is 115 Å². The van der Waals surface area contributed by atoms with Crippen LogP contribution >= 0.6 is 0 Å². The van der Waals surface area contributed by atoms with E-state index < -0.39 is 35.3 Å². The van der Waals surface area contributed by atoms with Crippen molar-refractivity contribution in [3.63, 3.8) is 0 Å². The first kappa shape index (κ1) is 15.0. The number of H-pyrrole nitrogens is 1. The van der Waals surface area contributed by atoms with Crippen molar-refractivity contribution >= 4 is 0 Å². The van der Waals surface area contributed by atoms with Crippen molar-refractivity contribution in [3.8, 4) is 0 Å². The molecule has 2 rings (SSSR count). The van der Waals surface area contributed by atoms with Gasteiger partial charge >= 0.3 is 5.69 Å². The molecular weight excluding hydrogens is 264 g/mol. The van der Waals surface area contributed by atoms with Crippen molar-refractivity contribution in [3.05, 3.63) is 33.1 Å². The fraction of sp³-hybridized carbons (Fsp3) is 0.692. The molecule has 0 aromatic carbocycles. The summed E-state index contributed by atoms with van der Waals surface area (Å²) in [5.74, 6) is 0. The highest BCUT2D eigenvalue weighted by Gasteiger charge is 2.53. The molecule has 0 bridgehead atoms. The number of hydrogen-bond acceptors (Lipinski definition) is 5. The fourth-order valence-corrected chi connectivity index (χ4v) is 2.80. The Morgan fingerprint density at radius 1 is 1.40 bits per heavy atom. The molecule has 1 aliphatic heterocycles. The molecule has 1 aromatic heterocycles. The summed E-state index contributed by atoms with van der Waals surface area (Å²) in [4.78, 5) is 24.9. The van der Waals surface area contributed by atoms with Crippen LogP contribution < -0.4 is 11.2 Å². The van der Waals surface area contributed by atoms with Crippen LogP contribution in [0.3, 0.4) is 0 Å². The van der Waals surface area contributed by atoms with Crippen LogP contribution in [0.15, 0.2) is 21.9 Å². The molecular formula is C13H20N2O5. The van der Waals surface area contributed by atoms with Crippen molar-refractivity contribution in [2.75, 3.05) is 0 Å². The standard InChI is InChI=1S/C13H20N2O5/c1-3-6-13(4-2)10(18)9(17)11(20-13)15-7-5-8(16)14-12(15)19/h5,7,9-11,17-18H,3-4,6H2,1-2H3,(H,14,16,19)/t9?,10-,11-,13+/m1/s1. The summed E-state index contributed by atoms with van der Waals surface area (Å²) in [6.45, 7) is 3.82. The molecule has 2 heterocycles. The molecule has 112 valence electrons. The van der Waals surface area contributed by atoms with E-state index >= 15 is 0 Å². The van der Waals surface area contributed by atoms with Crippen molar-refractivity contribution in [2.45, 2.75) is 57.1 Å². The Bertz CT molecular complexity index is 581. The number of aliphatic hydroxyl groups excluding tert-OH is 2. The lowest BCUT2D eigenvalue weighted by Crippen LogP contribution is -2.42. The summed E-state index contributed by atoms with van der Waals surface area (Å²) in [5, 5.41) is 20.4. The SMILES string of the molecule is CCC[C@]1(CC)O[C@@H](n2ccc(=O)[nH]c2=O)C(O)[C@H]1O. The second kappa shape index (κ2) is 5.51. The molecule has 3 N–H and O–H groups in total. The minimum atomic E-state index is -1.22. The first-order valence-corrected chi connectivity index (χ1v) is 6.80. The molecule has 1 fully saturated rings. The Kier molecular flexibility index (Phi) is 4.12. The Hall–Kier alpha value is -1.44. The van der Waals surface area contributed by atoms with Crippen molar-refractivity contribution < 1.29 is 14.9 Å². The van der Waals surface area contributed by atoms with Gasteiger partial charge in [0.15, 0.2) is 6.23 Å². The fourth-order valence-electron chi connectivity index (χ4n) is 2.80. The summed E-state index contributed by atoms with van der Waals surface area (Å²) in [6.07, 6.45) is -0.142. The molecule has 4 atom stereocenters. The number of nitrogens with one attached hydrogen (secondary N) is 1. The third-order valence-electron chi connectivity index (χ3n) is 3.91. The lowest BCUT2D eigenvalue weighted by molar-refractivity contribution is -0.112. The van der Waals surface area contributed by atoms with Gasteiger partial charge in [0.1, 0.15) is 12.2 Å². The van der Waals surface area contributed by atoms with Gasteiger partial charge in [-0.15, -0.1) is 0 Å². The molecule has 1 unspecified atom stereocenters. The van der Waals surface area contributed by atoms with Crippen molar-refractivity contribution in [2.24, 2.45) is 0 Å². The third kappa shape index (κ3) is 2.32. The maximum absolute atomic E-state index is 11.8. The van der Waals surface area contributed by atoms with Gasteiger partial charge in [0, 0.05) is 12.3 Å². The van der Waals surface area contributed by atoms with E-state index in [2.05, 4.69) is 4.98 Å². The topological polar surface area (TPSA) is 105 Å². The van der Waals surface area contributed by atoms with Gasteiger partial charge in [0.05, 0.1) is 5.60 Å². The zero-order chi connectivity index (χ0) is 14.9. The normalized spacial score (nSPS) is 33.5. The smallest absolute Gasteiger partial charge is 0.330 e. The summed E-state index contributed by atoms with van der Waals surface area (Å²) < 4.78 is 6.91. The number of rotatable bonds is 4. The second-order valence-corrected chi connectivity index (χ2v) is 5.13. The minimum Gasteiger partial charge on any atom is -0.387 e. The van der Waals surface area contributed by atoms with Crippen molar-refractivity contribution in [1.82, 2.24) is 9.55 Å². The summed E-state index contributed by atoms with van der Waals surface area (Å²) >= 11 is 0. The number of ether oxygens (including phenoxy) is 1. The molecule has 20 heavy (non-hydrogen) atoms. The van der Waals surface area contributed by atoms with E-state index in [1.54, 1.807) is 0 Å². The van der Waals surface area contributed by atoms with Gasteiger partial charge in [-0.05, 0) is 12.8 Å². The minimum absolute atomic E-state index is 0.519. The maximum Gasteiger partial charge on any atom is 0.330 e. The maximum atomic E-state index is 11.8. The molecule has 0 saturated carbocycles. The van der Waals surface area contributed by atoms with E-state index in [1.807, 2.05) is 13.8 Å². The Morgan fingerprint density at radius 2 is 2.10 bits per heavy atom. The number of hydrogen-bond donors (Lipinski definition) is 3. The third-order valence-corrected chi connectivity index (χ3v) is 3.91. The summed E-state index contributed by atoms with van der Waals surface area (Å²) in [7, 11) is 0. The predicted octanol–water partition coefficient (Wildman–Crippen LogP) is -0.264. The van der Waals surface area contributed by atoms with E-state index in [4.69, 9.17) is 4.74 Å². The Balaban J connectivity index is 2.39. The van der Waals surface area contributed by atoms with Crippen LogP contribution in [0.5, 0.6) is 0 Å². The highest BCUT2D eigenvalue weighted by molar-refractivity contribution is 5.01. The number of aromatic amines is 1. The van der Waals surface area contributed by atoms with E-state index in [0.29, 0.717) is 12.8 Å². The van der Waals surface area contributed by atoms with Crippen LogP contribution in [0.25, 0.3) is 0 Å². The molecule has 0 spiro atoms. The molecule has 0 aliphatic carbocycles. The molecule has 0 amide bonds. The lowest BCUT2D eigenvalue weighted by Gasteiger charge is -2.30. The average molecular weight is 284 g/mol. The zero-order valence-corrected chi connectivity index (χ0v) is 11.6. The van der Waals surface area contributed by atoms with Gasteiger partial charge in [-0.3, -0.25) is 14.3 Å². The molecule has 7 nitrogen and oxygen atoms in total. The van der Waals surface area contributed by atoms with Crippen LogP contribution in [0.4, 0.5) is 0 Å². The highest BCUT2D eigenvalue weighted by atomic mass is 16.6. The molecule has 1 aromatic rings. The van der Waals surface area contributed by atoms with Gasteiger partial charge in [0.2, 0.25) is 0 Å². The van der Waals surface area contributed by atoms with Gasteiger partial charge < -0.3 is 14.9 Å². The summed E-state index contributed by atoms with van der Waals surface area (Å²) in [6, 6.07) is 1.18. The number of aliphatic hydroxyl groups is 2. The second-order valence-electron chi connectivity index (χ2n) is 5.13. The van der Waals surface area contributed by atoms with E-state index in [0.717, 1.165) is 11.0 Å². The lowest BCUT2D eigenvalue weighted by atomic mass is 9.88. The average Bonchev–Trinajstić information content (AvgIpc) is 2.65. The van der Waals surface area contributed by atoms with Gasteiger partial charge in [-0.25, -0.2) is 4.79 Å². The van der Waals surface area contributed by atoms with Crippen molar-refractivity contribution in [1.29, 1.82) is 0 Å². The quantitative estimate of drug-likeness (QED) is 0.706. The molecule has 1 saturated heterocycles. The number of aromatic nitrogens is 2. The van der Waals surface area contributed by atoms with Crippen LogP contribution in [-0.2, 0) is 4.74 Å². The predicted molar refractivity (Wildman–Crippen MR) is 71.4 cm³/mol. The monoisotopic (exact) mass is 284 g/mol. The molecule has 7 heteroatoms. The van der Waals surface area contributed by atoms with E-state index in [9.17, 15) is 19.8 Å². The van der Waals surface area contributed by atoms with E-state index in [1.165, 1.54) is 12.3 Å². The van der Waals surface area contributed by atoms with Gasteiger partial charge in [0.25, 0.3) is 5.56 Å². The van der Waals surface area contributed by atoms with Crippen LogP contribution in [0.2, 0.25) is 0 Å². The largest absolute Gasteiger partial charge is 0.387 e. The van der Waals surface area contributed by atoms with Crippen LogP contribution in [-0.4, -0.2) is 37.6 Å². The van der Waals surface area contributed by atoms with Crippen LogP contribution in [0, 0.1) is 0 Å². The molecule has 1 aliphatic rings. The first-order chi connectivity index (χ1) is 9.45. The van der Waals surface area contributed by atoms with E-state index in [-0.39, 0.29) is 0 Å². The first-order valence-electron chi connectivity index (χ1n) is 6.80. The van der Waals surface area contributed by atoms with Gasteiger partial charge in [-0.1, -0.05) is 20.3 Å².